The minimum absolute atomic E-state index is 0.616. The largest absolute Gasteiger partial charge is 0.330 e. The molecule has 10 heavy (non-hydrogen) atoms. The zero-order valence-electron chi connectivity index (χ0n) is 6.17. The van der Waals surface area contributed by atoms with Gasteiger partial charge in [0.25, 0.3) is 0 Å². The molecule has 1 heteroatoms. The fourth-order valence-corrected chi connectivity index (χ4v) is 0.943. The van der Waals surface area contributed by atoms with Crippen LogP contribution in [0.25, 0.3) is 0 Å². The van der Waals surface area contributed by atoms with E-state index in [9.17, 15) is 0 Å². The molecule has 0 bridgehead atoms. The summed E-state index contributed by atoms with van der Waals surface area (Å²) in [6.07, 6.45) is 2.02. The summed E-state index contributed by atoms with van der Waals surface area (Å²) in [6, 6.07) is 8.21. The highest BCUT2D eigenvalue weighted by Gasteiger charge is 1.93. The van der Waals surface area contributed by atoms with E-state index in [4.69, 9.17) is 5.73 Å². The normalized spacial score (nSPS) is 9.80. The summed E-state index contributed by atoms with van der Waals surface area (Å²) in [5.74, 6) is 0. The highest BCUT2D eigenvalue weighted by molar-refractivity contribution is 5.31. The summed E-state index contributed by atoms with van der Waals surface area (Å²) in [4.78, 5) is 0. The highest BCUT2D eigenvalue weighted by Crippen LogP contribution is 2.07. The smallest absolute Gasteiger partial charge is 0.00448 e. The van der Waals surface area contributed by atoms with Crippen LogP contribution in [-0.2, 0) is 0 Å². The van der Waals surface area contributed by atoms with Gasteiger partial charge in [0, 0.05) is 6.42 Å². The van der Waals surface area contributed by atoms with Crippen LogP contribution >= 0.6 is 0 Å². The van der Waals surface area contributed by atoms with Gasteiger partial charge in [-0.1, -0.05) is 24.3 Å². The number of rotatable bonds is 2. The lowest BCUT2D eigenvalue weighted by Crippen LogP contribution is -2.01. The molecule has 0 saturated carbocycles. The molecule has 1 rings (SSSR count). The average molecular weight is 134 g/mol. The van der Waals surface area contributed by atoms with Crippen LogP contribution in [0.1, 0.15) is 11.1 Å². The Kier molecular flexibility index (Phi) is 2.46. The van der Waals surface area contributed by atoms with Gasteiger partial charge in [0.1, 0.15) is 0 Å². The van der Waals surface area contributed by atoms with E-state index in [1.165, 1.54) is 11.1 Å². The summed E-state index contributed by atoms with van der Waals surface area (Å²) < 4.78 is 0. The maximum absolute atomic E-state index is 5.37. The van der Waals surface area contributed by atoms with Crippen molar-refractivity contribution in [3.8, 4) is 0 Å². The van der Waals surface area contributed by atoms with Crippen LogP contribution in [0.3, 0.4) is 0 Å². The molecule has 1 radical (unpaired) electrons. The second-order valence-corrected chi connectivity index (χ2v) is 2.30. The van der Waals surface area contributed by atoms with Gasteiger partial charge in [-0.05, 0) is 24.6 Å². The molecule has 0 saturated heterocycles. The molecule has 1 aromatic rings. The number of hydrogen-bond donors (Lipinski definition) is 1. The van der Waals surface area contributed by atoms with Crippen LogP contribution in [0, 0.1) is 13.3 Å². The van der Waals surface area contributed by atoms with Gasteiger partial charge in [-0.15, -0.1) is 0 Å². The lowest BCUT2D eigenvalue weighted by Gasteiger charge is -2.00. The van der Waals surface area contributed by atoms with Gasteiger partial charge in [-0.2, -0.15) is 0 Å². The maximum atomic E-state index is 5.37. The van der Waals surface area contributed by atoms with Crippen LogP contribution in [0.4, 0.5) is 0 Å². The molecule has 0 heterocycles. The lowest BCUT2D eigenvalue weighted by atomic mass is 10.1. The molecule has 1 nitrogen and oxygen atoms in total. The molecule has 2 N–H and O–H groups in total. The molecule has 0 aliphatic rings. The Labute approximate surface area is 61.9 Å². The molecule has 1 aromatic carbocycles. The van der Waals surface area contributed by atoms with Crippen molar-refractivity contribution in [3.63, 3.8) is 0 Å². The van der Waals surface area contributed by atoms with E-state index in [0.717, 1.165) is 0 Å². The molecule has 53 valence electrons. The Hall–Kier alpha value is -0.820. The molecule has 0 fully saturated rings. The van der Waals surface area contributed by atoms with Gasteiger partial charge in [-0.25, -0.2) is 0 Å². The molecular weight excluding hydrogens is 122 g/mol. The van der Waals surface area contributed by atoms with Gasteiger partial charge in [0.15, 0.2) is 0 Å². The Balaban J connectivity index is 2.81. The standard InChI is InChI=1S/C9H12N/c1-8-4-2-3-5-9(8)6-7-10/h2-6H,7,10H2,1H3. The van der Waals surface area contributed by atoms with Crippen LogP contribution in [-0.4, -0.2) is 6.54 Å². The zero-order chi connectivity index (χ0) is 7.40. The van der Waals surface area contributed by atoms with E-state index in [0.29, 0.717) is 6.54 Å². The van der Waals surface area contributed by atoms with Crippen LogP contribution in [0.15, 0.2) is 24.3 Å². The minimum atomic E-state index is 0.616. The fraction of sp³-hybridized carbons (Fsp3) is 0.222. The maximum Gasteiger partial charge on any atom is 0.00448 e. The molecule has 0 aliphatic heterocycles. The summed E-state index contributed by atoms with van der Waals surface area (Å²) >= 11 is 0. The molecule has 0 unspecified atom stereocenters. The number of aryl methyl sites for hydroxylation is 1. The molecule has 0 aromatic heterocycles. The Morgan fingerprint density at radius 2 is 2.10 bits per heavy atom. The number of nitrogens with two attached hydrogens (primary N) is 1. The van der Waals surface area contributed by atoms with Crippen molar-refractivity contribution < 1.29 is 0 Å². The van der Waals surface area contributed by atoms with Crippen molar-refractivity contribution in [2.75, 3.05) is 6.54 Å². The van der Waals surface area contributed by atoms with Gasteiger partial charge in [-0.3, -0.25) is 0 Å². The molecule has 0 atom stereocenters. The van der Waals surface area contributed by atoms with Crippen LogP contribution < -0.4 is 5.73 Å². The first-order valence-corrected chi connectivity index (χ1v) is 3.43. The topological polar surface area (TPSA) is 26.0 Å². The molecule has 0 amide bonds. The Bertz CT molecular complexity index is 206. The summed E-state index contributed by atoms with van der Waals surface area (Å²) in [5, 5.41) is 0. The van der Waals surface area contributed by atoms with Crippen molar-refractivity contribution in [3.05, 3.63) is 41.8 Å². The SMILES string of the molecule is Cc1ccccc1[CH]CN. The zero-order valence-corrected chi connectivity index (χ0v) is 6.17. The monoisotopic (exact) mass is 134 g/mol. The summed E-state index contributed by atoms with van der Waals surface area (Å²) in [7, 11) is 0. The van der Waals surface area contributed by atoms with E-state index < -0.39 is 0 Å². The predicted octanol–water partition coefficient (Wildman–Crippen LogP) is 1.51. The predicted molar refractivity (Wildman–Crippen MR) is 43.6 cm³/mol. The Morgan fingerprint density at radius 3 is 2.70 bits per heavy atom. The van der Waals surface area contributed by atoms with Crippen molar-refractivity contribution in [2.45, 2.75) is 6.92 Å². The number of hydrogen-bond acceptors (Lipinski definition) is 1. The summed E-state index contributed by atoms with van der Waals surface area (Å²) in [6.45, 7) is 2.70. The third kappa shape index (κ3) is 1.58. The molecule has 0 spiro atoms. The quantitative estimate of drug-likeness (QED) is 0.651. The first-order valence-electron chi connectivity index (χ1n) is 3.43. The van der Waals surface area contributed by atoms with E-state index in [1.807, 2.05) is 18.6 Å². The van der Waals surface area contributed by atoms with Crippen LogP contribution in [0.2, 0.25) is 0 Å². The van der Waals surface area contributed by atoms with E-state index in [1.54, 1.807) is 0 Å². The van der Waals surface area contributed by atoms with E-state index in [2.05, 4.69) is 19.1 Å². The number of benzene rings is 1. The fourth-order valence-electron chi connectivity index (χ4n) is 0.943. The second kappa shape index (κ2) is 3.37. The van der Waals surface area contributed by atoms with Gasteiger partial charge in [0.2, 0.25) is 0 Å². The first-order chi connectivity index (χ1) is 4.84. The lowest BCUT2D eigenvalue weighted by molar-refractivity contribution is 1.15. The third-order valence-corrected chi connectivity index (χ3v) is 1.53. The first kappa shape index (κ1) is 7.29. The van der Waals surface area contributed by atoms with Crippen molar-refractivity contribution in [1.29, 1.82) is 0 Å². The van der Waals surface area contributed by atoms with Crippen molar-refractivity contribution in [2.24, 2.45) is 5.73 Å². The van der Waals surface area contributed by atoms with Gasteiger partial charge < -0.3 is 5.73 Å². The van der Waals surface area contributed by atoms with Gasteiger partial charge >= 0.3 is 0 Å². The highest BCUT2D eigenvalue weighted by atomic mass is 14.5. The minimum Gasteiger partial charge on any atom is -0.330 e. The molecule has 0 aliphatic carbocycles. The Morgan fingerprint density at radius 1 is 1.40 bits per heavy atom. The average Bonchev–Trinajstić information content (AvgIpc) is 1.94. The van der Waals surface area contributed by atoms with Gasteiger partial charge in [0.05, 0.1) is 0 Å². The molecular formula is C9H12N. The van der Waals surface area contributed by atoms with Crippen molar-refractivity contribution >= 4 is 0 Å². The van der Waals surface area contributed by atoms with E-state index in [-0.39, 0.29) is 0 Å². The third-order valence-electron chi connectivity index (χ3n) is 1.53. The summed E-state index contributed by atoms with van der Waals surface area (Å²) in [5.41, 5.74) is 7.90. The van der Waals surface area contributed by atoms with Crippen LogP contribution in [0.5, 0.6) is 0 Å². The van der Waals surface area contributed by atoms with Crippen molar-refractivity contribution in [1.82, 2.24) is 0 Å². The second-order valence-electron chi connectivity index (χ2n) is 2.30. The van der Waals surface area contributed by atoms with E-state index >= 15 is 0 Å².